The van der Waals surface area contributed by atoms with E-state index >= 15 is 0 Å². The lowest BCUT2D eigenvalue weighted by molar-refractivity contribution is -0.118. The van der Waals surface area contributed by atoms with Crippen molar-refractivity contribution >= 4 is 17.7 Å². The molecule has 0 saturated heterocycles. The minimum atomic E-state index is 0.0470. The number of rotatable bonds is 9. The first kappa shape index (κ1) is 22.6. The molecular formula is C26H32N4OS. The van der Waals surface area contributed by atoms with E-state index < -0.39 is 0 Å². The van der Waals surface area contributed by atoms with Gasteiger partial charge in [0.15, 0.2) is 5.16 Å². The number of hydrogen-bond donors (Lipinski definition) is 1. The molecule has 1 saturated carbocycles. The highest BCUT2D eigenvalue weighted by molar-refractivity contribution is 7.99. The molecule has 32 heavy (non-hydrogen) atoms. The van der Waals surface area contributed by atoms with E-state index in [1.807, 2.05) is 19.1 Å². The predicted molar refractivity (Wildman–Crippen MR) is 130 cm³/mol. The topological polar surface area (TPSA) is 59.8 Å². The van der Waals surface area contributed by atoms with E-state index in [-0.39, 0.29) is 11.8 Å². The number of thioether (sulfide) groups is 1. The highest BCUT2D eigenvalue weighted by atomic mass is 32.2. The van der Waals surface area contributed by atoms with E-state index in [0.717, 1.165) is 17.4 Å². The first-order chi connectivity index (χ1) is 15.7. The van der Waals surface area contributed by atoms with E-state index in [2.05, 4.69) is 68.6 Å². The quantitative estimate of drug-likeness (QED) is 0.438. The molecule has 1 heterocycles. The van der Waals surface area contributed by atoms with Crippen molar-refractivity contribution in [2.24, 2.45) is 0 Å². The fourth-order valence-corrected chi connectivity index (χ4v) is 5.52. The minimum Gasteiger partial charge on any atom is -0.355 e. The van der Waals surface area contributed by atoms with Gasteiger partial charge in [0.25, 0.3) is 0 Å². The van der Waals surface area contributed by atoms with Gasteiger partial charge in [-0.25, -0.2) is 0 Å². The highest BCUT2D eigenvalue weighted by Gasteiger charge is 2.22. The van der Waals surface area contributed by atoms with Gasteiger partial charge in [0.1, 0.15) is 5.82 Å². The van der Waals surface area contributed by atoms with Gasteiger partial charge in [0.2, 0.25) is 5.91 Å². The molecule has 1 fully saturated rings. The van der Waals surface area contributed by atoms with Crippen molar-refractivity contribution in [1.29, 1.82) is 0 Å². The van der Waals surface area contributed by atoms with E-state index in [4.69, 9.17) is 0 Å². The van der Waals surface area contributed by atoms with Gasteiger partial charge < -0.3 is 9.88 Å². The smallest absolute Gasteiger partial charge is 0.230 e. The van der Waals surface area contributed by atoms with Gasteiger partial charge in [-0.1, -0.05) is 91.7 Å². The van der Waals surface area contributed by atoms with Crippen LogP contribution in [0.25, 0.3) is 0 Å². The van der Waals surface area contributed by atoms with Crippen LogP contribution in [0.5, 0.6) is 0 Å². The van der Waals surface area contributed by atoms with Gasteiger partial charge in [-0.3, -0.25) is 4.79 Å². The molecule has 0 spiro atoms. The molecule has 0 atom stereocenters. The Balaban J connectivity index is 1.31. The number of carbonyl (C=O) groups is 1. The van der Waals surface area contributed by atoms with Crippen LogP contribution in [-0.4, -0.2) is 33.0 Å². The maximum Gasteiger partial charge on any atom is 0.230 e. The molecule has 1 amide bonds. The molecule has 1 N–H and O–H groups in total. The van der Waals surface area contributed by atoms with E-state index in [1.54, 1.807) is 0 Å². The molecule has 5 nitrogen and oxygen atoms in total. The van der Waals surface area contributed by atoms with Gasteiger partial charge in [0.05, 0.1) is 5.75 Å². The lowest BCUT2D eigenvalue weighted by Gasteiger charge is -2.24. The Labute approximate surface area is 195 Å². The van der Waals surface area contributed by atoms with Crippen LogP contribution in [0.15, 0.2) is 65.8 Å². The van der Waals surface area contributed by atoms with Crippen molar-refractivity contribution < 1.29 is 4.79 Å². The van der Waals surface area contributed by atoms with Crippen molar-refractivity contribution in [1.82, 2.24) is 20.1 Å². The standard InChI is InChI=1S/C26H32N4OS/c1-20-28-29-26(30(20)23-15-9-4-10-16-23)32-19-25(31)27-18-17-24(21-11-5-2-6-12-21)22-13-7-3-8-14-22/h2-3,5-8,11-14,23-24H,4,9-10,15-19H2,1H3,(H,27,31). The normalized spacial score (nSPS) is 14.6. The zero-order valence-electron chi connectivity index (χ0n) is 18.7. The maximum atomic E-state index is 12.6. The molecule has 0 aliphatic heterocycles. The Bertz CT molecular complexity index is 944. The molecule has 0 radical (unpaired) electrons. The summed E-state index contributed by atoms with van der Waals surface area (Å²) >= 11 is 1.50. The van der Waals surface area contributed by atoms with Crippen LogP contribution in [0.4, 0.5) is 0 Å². The monoisotopic (exact) mass is 448 g/mol. The van der Waals surface area contributed by atoms with E-state index in [1.165, 1.54) is 55.0 Å². The molecule has 6 heteroatoms. The second kappa shape index (κ2) is 11.3. The third kappa shape index (κ3) is 5.80. The van der Waals surface area contributed by atoms with Gasteiger partial charge >= 0.3 is 0 Å². The third-order valence-corrected chi connectivity index (χ3v) is 7.21. The van der Waals surface area contributed by atoms with Crippen molar-refractivity contribution in [3.63, 3.8) is 0 Å². The summed E-state index contributed by atoms with van der Waals surface area (Å²) in [5.74, 6) is 1.63. The Morgan fingerprint density at radius 2 is 1.62 bits per heavy atom. The lowest BCUT2D eigenvalue weighted by Crippen LogP contribution is -2.27. The van der Waals surface area contributed by atoms with Crippen LogP contribution in [0.2, 0.25) is 0 Å². The Hall–Kier alpha value is -2.60. The molecule has 168 valence electrons. The second-order valence-electron chi connectivity index (χ2n) is 8.49. The van der Waals surface area contributed by atoms with Crippen LogP contribution in [0.1, 0.15) is 67.4 Å². The number of hydrogen-bond acceptors (Lipinski definition) is 4. The zero-order chi connectivity index (χ0) is 22.2. The van der Waals surface area contributed by atoms with Crippen molar-refractivity contribution in [2.75, 3.05) is 12.3 Å². The maximum absolute atomic E-state index is 12.6. The van der Waals surface area contributed by atoms with Crippen molar-refractivity contribution in [2.45, 2.75) is 62.6 Å². The van der Waals surface area contributed by atoms with Gasteiger partial charge in [-0.2, -0.15) is 0 Å². The van der Waals surface area contributed by atoms with Crippen molar-refractivity contribution in [3.8, 4) is 0 Å². The van der Waals surface area contributed by atoms with Crippen LogP contribution < -0.4 is 5.32 Å². The fourth-order valence-electron chi connectivity index (χ4n) is 4.64. The summed E-state index contributed by atoms with van der Waals surface area (Å²) in [7, 11) is 0. The molecule has 2 aromatic carbocycles. The Morgan fingerprint density at radius 3 is 2.25 bits per heavy atom. The molecule has 1 aliphatic rings. The fraction of sp³-hybridized carbons (Fsp3) is 0.423. The Kier molecular flexibility index (Phi) is 7.99. The molecule has 1 aliphatic carbocycles. The first-order valence-corrected chi connectivity index (χ1v) is 12.6. The summed E-state index contributed by atoms with van der Waals surface area (Å²) in [6, 6.07) is 21.5. The second-order valence-corrected chi connectivity index (χ2v) is 9.44. The van der Waals surface area contributed by atoms with Crippen molar-refractivity contribution in [3.05, 3.63) is 77.6 Å². The number of nitrogens with zero attached hydrogens (tertiary/aromatic N) is 3. The SMILES string of the molecule is Cc1nnc(SCC(=O)NCCC(c2ccccc2)c2ccccc2)n1C1CCCCC1. The average molecular weight is 449 g/mol. The molecule has 1 aromatic heterocycles. The number of carbonyl (C=O) groups excluding carboxylic acids is 1. The van der Waals surface area contributed by atoms with Crippen LogP contribution in [0, 0.1) is 6.92 Å². The van der Waals surface area contributed by atoms with Gasteiger partial charge in [0, 0.05) is 18.5 Å². The number of aromatic nitrogens is 3. The number of aryl methyl sites for hydroxylation is 1. The van der Waals surface area contributed by atoms with Crippen LogP contribution >= 0.6 is 11.8 Å². The van der Waals surface area contributed by atoms with Gasteiger partial charge in [-0.15, -0.1) is 10.2 Å². The number of nitrogens with one attached hydrogen (secondary N) is 1. The van der Waals surface area contributed by atoms with Gasteiger partial charge in [-0.05, 0) is 37.3 Å². The summed E-state index contributed by atoms with van der Waals surface area (Å²) in [6.45, 7) is 2.65. The highest BCUT2D eigenvalue weighted by Crippen LogP contribution is 2.32. The molecule has 0 unspecified atom stereocenters. The molecule has 3 aromatic rings. The third-order valence-electron chi connectivity index (χ3n) is 6.27. The number of amides is 1. The predicted octanol–water partition coefficient (Wildman–Crippen LogP) is 5.52. The summed E-state index contributed by atoms with van der Waals surface area (Å²) < 4.78 is 2.25. The summed E-state index contributed by atoms with van der Waals surface area (Å²) in [6.07, 6.45) is 7.06. The van der Waals surface area contributed by atoms with E-state index in [0.29, 0.717) is 18.3 Å². The zero-order valence-corrected chi connectivity index (χ0v) is 19.6. The first-order valence-electron chi connectivity index (χ1n) is 11.6. The van der Waals surface area contributed by atoms with E-state index in [9.17, 15) is 4.79 Å². The number of benzene rings is 2. The van der Waals surface area contributed by atoms with Crippen LogP contribution in [0.3, 0.4) is 0 Å². The largest absolute Gasteiger partial charge is 0.355 e. The minimum absolute atomic E-state index is 0.0470. The molecule has 4 rings (SSSR count). The summed E-state index contributed by atoms with van der Waals surface area (Å²) in [5.41, 5.74) is 2.55. The lowest BCUT2D eigenvalue weighted by atomic mass is 9.88. The van der Waals surface area contributed by atoms with Crippen LogP contribution in [-0.2, 0) is 4.79 Å². The molecule has 0 bridgehead atoms. The summed E-state index contributed by atoms with van der Waals surface area (Å²) in [5, 5.41) is 12.6. The molecular weight excluding hydrogens is 416 g/mol. The Morgan fingerprint density at radius 1 is 1.00 bits per heavy atom. The summed E-state index contributed by atoms with van der Waals surface area (Å²) in [4.78, 5) is 12.6. The average Bonchev–Trinajstić information content (AvgIpc) is 3.22.